The zero-order valence-electron chi connectivity index (χ0n) is 20.2. The third-order valence-corrected chi connectivity index (χ3v) is 7.05. The number of para-hydroxylation sites is 1. The average Bonchev–Trinajstić information content (AvgIpc) is 2.85. The van der Waals surface area contributed by atoms with Crippen LogP contribution in [-0.2, 0) is 40.1 Å². The SMILES string of the molecule is COc1ccccc1CC(=O)Cc1ccc2c(c1)CCN(C(=O)OC1CCC(CC(=O)O)CC1)C2. The van der Waals surface area contributed by atoms with E-state index in [4.69, 9.17) is 14.6 Å². The summed E-state index contributed by atoms with van der Waals surface area (Å²) in [5.74, 6) is 0.279. The van der Waals surface area contributed by atoms with Gasteiger partial charge in [-0.3, -0.25) is 9.59 Å². The number of methoxy groups -OCH3 is 1. The van der Waals surface area contributed by atoms with E-state index in [1.807, 2.05) is 36.4 Å². The van der Waals surface area contributed by atoms with Crippen molar-refractivity contribution in [3.63, 3.8) is 0 Å². The molecule has 1 aliphatic carbocycles. The van der Waals surface area contributed by atoms with E-state index in [1.54, 1.807) is 12.0 Å². The fraction of sp³-hybridized carbons (Fsp3) is 0.464. The molecule has 1 saturated carbocycles. The Balaban J connectivity index is 1.28. The van der Waals surface area contributed by atoms with Crippen molar-refractivity contribution in [2.75, 3.05) is 13.7 Å². The van der Waals surface area contributed by atoms with E-state index in [0.717, 1.165) is 54.5 Å². The molecule has 2 aromatic carbocycles. The van der Waals surface area contributed by atoms with Gasteiger partial charge >= 0.3 is 12.1 Å². The minimum atomic E-state index is -0.763. The molecule has 35 heavy (non-hydrogen) atoms. The third kappa shape index (κ3) is 6.62. The van der Waals surface area contributed by atoms with E-state index in [9.17, 15) is 14.4 Å². The molecular weight excluding hydrogens is 446 g/mol. The van der Waals surface area contributed by atoms with Gasteiger partial charge in [0.2, 0.25) is 0 Å². The molecule has 1 fully saturated rings. The van der Waals surface area contributed by atoms with E-state index >= 15 is 0 Å². The van der Waals surface area contributed by atoms with Crippen molar-refractivity contribution in [2.45, 2.75) is 64.0 Å². The Morgan fingerprint density at radius 3 is 2.51 bits per heavy atom. The van der Waals surface area contributed by atoms with Gasteiger partial charge in [0.1, 0.15) is 17.6 Å². The van der Waals surface area contributed by atoms with Crippen molar-refractivity contribution in [3.05, 3.63) is 64.7 Å². The lowest BCUT2D eigenvalue weighted by molar-refractivity contribution is -0.138. The summed E-state index contributed by atoms with van der Waals surface area (Å²) in [5, 5.41) is 8.95. The molecule has 1 amide bonds. The molecule has 2 aliphatic rings. The van der Waals surface area contributed by atoms with Crippen molar-refractivity contribution in [1.82, 2.24) is 4.90 Å². The second-order valence-corrected chi connectivity index (χ2v) is 9.60. The quantitative estimate of drug-likeness (QED) is 0.596. The molecule has 7 heteroatoms. The van der Waals surface area contributed by atoms with Gasteiger partial charge in [0.05, 0.1) is 7.11 Å². The fourth-order valence-electron chi connectivity index (χ4n) is 5.14. The molecule has 0 radical (unpaired) electrons. The largest absolute Gasteiger partial charge is 0.496 e. The molecule has 0 saturated heterocycles. The van der Waals surface area contributed by atoms with Gasteiger partial charge in [-0.15, -0.1) is 0 Å². The van der Waals surface area contributed by atoms with Gasteiger partial charge in [0.25, 0.3) is 0 Å². The molecule has 0 aromatic heterocycles. The zero-order valence-corrected chi connectivity index (χ0v) is 20.2. The van der Waals surface area contributed by atoms with Crippen molar-refractivity contribution in [3.8, 4) is 5.75 Å². The van der Waals surface area contributed by atoms with Crippen molar-refractivity contribution in [2.24, 2.45) is 5.92 Å². The highest BCUT2D eigenvalue weighted by Gasteiger charge is 2.28. The second kappa shape index (κ2) is 11.4. The molecule has 4 rings (SSSR count). The molecule has 0 spiro atoms. The van der Waals surface area contributed by atoms with E-state index < -0.39 is 5.97 Å². The van der Waals surface area contributed by atoms with Crippen LogP contribution in [0.15, 0.2) is 42.5 Å². The van der Waals surface area contributed by atoms with Gasteiger partial charge in [0, 0.05) is 37.9 Å². The molecule has 0 atom stereocenters. The molecule has 0 bridgehead atoms. The van der Waals surface area contributed by atoms with E-state index in [2.05, 4.69) is 6.07 Å². The van der Waals surface area contributed by atoms with E-state index in [-0.39, 0.29) is 30.3 Å². The van der Waals surface area contributed by atoms with Crippen LogP contribution in [0.1, 0.15) is 54.4 Å². The van der Waals surface area contributed by atoms with Crippen LogP contribution in [-0.4, -0.2) is 47.6 Å². The number of ether oxygens (including phenoxy) is 2. The summed E-state index contributed by atoms with van der Waals surface area (Å²) in [6, 6.07) is 13.6. The number of carboxylic acids is 1. The third-order valence-electron chi connectivity index (χ3n) is 7.05. The number of fused-ring (bicyclic) bond motifs is 1. The first-order valence-electron chi connectivity index (χ1n) is 12.3. The Morgan fingerprint density at radius 2 is 1.77 bits per heavy atom. The molecular formula is C28H33NO6. The van der Waals surface area contributed by atoms with Gasteiger partial charge in [-0.25, -0.2) is 4.79 Å². The molecule has 2 aromatic rings. The Labute approximate surface area is 206 Å². The monoisotopic (exact) mass is 479 g/mol. The first kappa shape index (κ1) is 24.8. The van der Waals surface area contributed by atoms with Crippen LogP contribution in [0.5, 0.6) is 5.75 Å². The minimum absolute atomic E-state index is 0.133. The van der Waals surface area contributed by atoms with Crippen LogP contribution in [0, 0.1) is 5.92 Å². The van der Waals surface area contributed by atoms with Gasteiger partial charge in [0.15, 0.2) is 0 Å². The maximum absolute atomic E-state index is 12.7. The number of carboxylic acid groups (broad SMARTS) is 1. The maximum atomic E-state index is 12.7. The van der Waals surface area contributed by atoms with Crippen molar-refractivity contribution >= 4 is 17.8 Å². The summed E-state index contributed by atoms with van der Waals surface area (Å²) in [6.07, 6.45) is 4.19. The number of aliphatic carboxylic acids is 1. The number of amides is 1. The topological polar surface area (TPSA) is 93.1 Å². The number of carbonyl (C=O) groups is 3. The lowest BCUT2D eigenvalue weighted by atomic mass is 9.85. The summed E-state index contributed by atoms with van der Waals surface area (Å²) < 4.78 is 11.1. The summed E-state index contributed by atoms with van der Waals surface area (Å²) in [7, 11) is 1.61. The van der Waals surface area contributed by atoms with Crippen LogP contribution in [0.2, 0.25) is 0 Å². The molecule has 1 heterocycles. The lowest BCUT2D eigenvalue weighted by Crippen LogP contribution is -2.39. The average molecular weight is 480 g/mol. The predicted octanol–water partition coefficient (Wildman–Crippen LogP) is 4.58. The molecule has 1 aliphatic heterocycles. The number of hydrogen-bond donors (Lipinski definition) is 1. The summed E-state index contributed by atoms with van der Waals surface area (Å²) in [6.45, 7) is 1.08. The number of benzene rings is 2. The number of carbonyl (C=O) groups excluding carboxylic acids is 2. The molecule has 186 valence electrons. The van der Waals surface area contributed by atoms with Gasteiger partial charge in [-0.2, -0.15) is 0 Å². The first-order chi connectivity index (χ1) is 16.9. The highest BCUT2D eigenvalue weighted by Crippen LogP contribution is 2.30. The van der Waals surface area contributed by atoms with E-state index in [1.165, 1.54) is 5.56 Å². The summed E-state index contributed by atoms with van der Waals surface area (Å²) >= 11 is 0. The minimum Gasteiger partial charge on any atom is -0.496 e. The second-order valence-electron chi connectivity index (χ2n) is 9.60. The zero-order chi connectivity index (χ0) is 24.8. The normalized spacial score (nSPS) is 19.5. The van der Waals surface area contributed by atoms with Gasteiger partial charge in [-0.1, -0.05) is 36.4 Å². The van der Waals surface area contributed by atoms with E-state index in [0.29, 0.717) is 25.9 Å². The van der Waals surface area contributed by atoms with Crippen LogP contribution in [0.4, 0.5) is 4.79 Å². The Hall–Kier alpha value is -3.35. The van der Waals surface area contributed by atoms with Gasteiger partial charge in [-0.05, 0) is 60.8 Å². The highest BCUT2D eigenvalue weighted by atomic mass is 16.6. The van der Waals surface area contributed by atoms with Crippen LogP contribution < -0.4 is 4.74 Å². The number of hydrogen-bond acceptors (Lipinski definition) is 5. The standard InChI is InChI=1S/C28H33NO6/c1-34-26-5-3-2-4-22(26)17-24(30)15-20-6-9-23-18-29(13-12-21(23)14-20)28(33)35-25-10-7-19(8-11-25)16-27(31)32/h2-6,9,14,19,25H,7-8,10-13,15-18H2,1H3,(H,31,32). The van der Waals surface area contributed by atoms with Gasteiger partial charge < -0.3 is 19.5 Å². The predicted molar refractivity (Wildman–Crippen MR) is 130 cm³/mol. The van der Waals surface area contributed by atoms with Crippen LogP contribution in [0.3, 0.4) is 0 Å². The number of Topliss-reactive ketones (excluding diaryl/α,β-unsaturated/α-hetero) is 1. The van der Waals surface area contributed by atoms with Crippen molar-refractivity contribution < 1.29 is 29.0 Å². The maximum Gasteiger partial charge on any atom is 0.410 e. The fourth-order valence-corrected chi connectivity index (χ4v) is 5.14. The van der Waals surface area contributed by atoms with Crippen LogP contribution in [0.25, 0.3) is 0 Å². The Bertz CT molecular complexity index is 1070. The number of nitrogens with zero attached hydrogens (tertiary/aromatic N) is 1. The summed E-state index contributed by atoms with van der Waals surface area (Å²) in [4.78, 5) is 38.0. The Morgan fingerprint density at radius 1 is 1.00 bits per heavy atom. The molecule has 1 N–H and O–H groups in total. The molecule has 7 nitrogen and oxygen atoms in total. The summed E-state index contributed by atoms with van der Waals surface area (Å²) in [5.41, 5.74) is 4.13. The molecule has 0 unspecified atom stereocenters. The van der Waals surface area contributed by atoms with Crippen molar-refractivity contribution in [1.29, 1.82) is 0 Å². The Kier molecular flexibility index (Phi) is 8.06. The number of rotatable bonds is 8. The van der Waals surface area contributed by atoms with Crippen LogP contribution >= 0.6 is 0 Å². The lowest BCUT2D eigenvalue weighted by Gasteiger charge is -2.32. The highest BCUT2D eigenvalue weighted by molar-refractivity contribution is 5.83. The number of ketones is 1. The first-order valence-corrected chi connectivity index (χ1v) is 12.3. The smallest absolute Gasteiger partial charge is 0.410 e.